The molecule has 0 saturated heterocycles. The van der Waals surface area contributed by atoms with E-state index in [0.29, 0.717) is 0 Å². The van der Waals surface area contributed by atoms with E-state index in [0.717, 1.165) is 4.90 Å². The molecule has 0 atom stereocenters. The van der Waals surface area contributed by atoms with Gasteiger partial charge in [0.05, 0.1) is 0 Å². The van der Waals surface area contributed by atoms with Gasteiger partial charge in [0.2, 0.25) is 0 Å². The normalized spacial score (nSPS) is 9.09. The van der Waals surface area contributed by atoms with Crippen molar-refractivity contribution >= 4 is 42.2 Å². The fourth-order valence-corrected chi connectivity index (χ4v) is 1.20. The Kier molecular flexibility index (Phi) is 4.80. The Morgan fingerprint density at radius 1 is 0.909 bits per heavy atom. The summed E-state index contributed by atoms with van der Waals surface area (Å²) >= 11 is 4.31. The molecule has 1 aromatic carbocycles. The summed E-state index contributed by atoms with van der Waals surface area (Å²) in [6, 6.07) is 4.27. The first-order valence-electron chi connectivity index (χ1n) is 3.38. The molecule has 0 aliphatic rings. The second kappa shape index (κ2) is 4.56. The van der Waals surface area contributed by atoms with E-state index in [1.165, 1.54) is 16.7 Å². The third kappa shape index (κ3) is 2.83. The van der Waals surface area contributed by atoms with Crippen LogP contribution in [-0.4, -0.2) is 29.6 Å². The van der Waals surface area contributed by atoms with E-state index in [2.05, 4.69) is 45.5 Å². The molecule has 1 rings (SSSR count). The average molecular weight is 176 g/mol. The summed E-state index contributed by atoms with van der Waals surface area (Å²) in [6.45, 7) is 6.30. The van der Waals surface area contributed by atoms with Crippen LogP contribution in [0.25, 0.3) is 0 Å². The molecule has 0 nitrogen and oxygen atoms in total. The van der Waals surface area contributed by atoms with E-state index in [1.807, 2.05) is 0 Å². The number of aryl methyl sites for hydroxylation is 3. The van der Waals surface area contributed by atoms with Gasteiger partial charge in [-0.05, 0) is 43.5 Å². The molecule has 0 N–H and O–H groups in total. The summed E-state index contributed by atoms with van der Waals surface area (Å²) in [5.74, 6) is 0. The molecule has 0 bridgehead atoms. The van der Waals surface area contributed by atoms with Crippen molar-refractivity contribution in [2.45, 2.75) is 25.7 Å². The van der Waals surface area contributed by atoms with Gasteiger partial charge in [0, 0.05) is 4.90 Å². The van der Waals surface area contributed by atoms with Crippen LogP contribution in [0.15, 0.2) is 17.0 Å². The van der Waals surface area contributed by atoms with Gasteiger partial charge >= 0.3 is 29.6 Å². The van der Waals surface area contributed by atoms with Crippen LogP contribution in [0.1, 0.15) is 16.7 Å². The molecule has 0 heterocycles. The summed E-state index contributed by atoms with van der Waals surface area (Å²) in [4.78, 5) is 1.09. The predicted octanol–water partition coefficient (Wildman–Crippen LogP) is 2.25. The molecule has 0 aliphatic heterocycles. The molecule has 0 aromatic heterocycles. The fraction of sp³-hybridized carbons (Fsp3) is 0.333. The van der Waals surface area contributed by atoms with Crippen LogP contribution in [0.5, 0.6) is 0 Å². The van der Waals surface area contributed by atoms with E-state index in [4.69, 9.17) is 0 Å². The van der Waals surface area contributed by atoms with Crippen LogP contribution < -0.4 is 0 Å². The van der Waals surface area contributed by atoms with E-state index < -0.39 is 0 Å². The number of benzene rings is 1. The molecule has 56 valence electrons. The molecule has 11 heavy (non-hydrogen) atoms. The zero-order valence-electron chi connectivity index (χ0n) is 6.60. The molecule has 0 unspecified atom stereocenters. The number of hydrogen-bond acceptors (Lipinski definition) is 1. The summed E-state index contributed by atoms with van der Waals surface area (Å²) in [5, 5.41) is 0. The minimum atomic E-state index is 0. The molecule has 0 fully saturated rings. The monoisotopic (exact) mass is 176 g/mol. The molecule has 1 aromatic rings. The van der Waals surface area contributed by atoms with Crippen LogP contribution in [0.4, 0.5) is 0 Å². The van der Waals surface area contributed by atoms with Crippen LogP contribution in [-0.2, 0) is 0 Å². The zero-order valence-corrected chi connectivity index (χ0v) is 7.50. The summed E-state index contributed by atoms with van der Waals surface area (Å²) in [5.41, 5.74) is 3.91. The molecule has 2 heteroatoms. The number of thiol groups is 1. The summed E-state index contributed by atoms with van der Waals surface area (Å²) < 4.78 is 0. The molecule has 0 amide bonds. The molecule has 0 saturated carbocycles. The second-order valence-corrected chi connectivity index (χ2v) is 3.20. The Morgan fingerprint density at radius 3 is 1.82 bits per heavy atom. The van der Waals surface area contributed by atoms with Gasteiger partial charge in [-0.2, -0.15) is 0 Å². The van der Waals surface area contributed by atoms with E-state index in [9.17, 15) is 0 Å². The minimum absolute atomic E-state index is 0. The van der Waals surface area contributed by atoms with Crippen molar-refractivity contribution in [3.63, 3.8) is 0 Å². The quantitative estimate of drug-likeness (QED) is 0.455. The van der Waals surface area contributed by atoms with Gasteiger partial charge in [-0.3, -0.25) is 0 Å². The second-order valence-electron chi connectivity index (χ2n) is 2.72. The van der Waals surface area contributed by atoms with Gasteiger partial charge in [0.15, 0.2) is 0 Å². The molecular weight excluding hydrogens is 163 g/mol. The average Bonchev–Trinajstić information content (AvgIpc) is 1.84. The molecule has 0 aliphatic carbocycles. The first kappa shape index (κ1) is 11.6. The van der Waals surface area contributed by atoms with Gasteiger partial charge in [-0.15, -0.1) is 12.6 Å². The first-order valence-corrected chi connectivity index (χ1v) is 3.83. The van der Waals surface area contributed by atoms with Gasteiger partial charge in [0.25, 0.3) is 0 Å². The van der Waals surface area contributed by atoms with Crippen LogP contribution in [0.2, 0.25) is 0 Å². The third-order valence-electron chi connectivity index (χ3n) is 1.81. The van der Waals surface area contributed by atoms with Gasteiger partial charge in [0.1, 0.15) is 0 Å². The molecule has 0 spiro atoms. The fourth-order valence-electron chi connectivity index (χ4n) is 0.945. The van der Waals surface area contributed by atoms with Crippen LogP contribution >= 0.6 is 12.6 Å². The summed E-state index contributed by atoms with van der Waals surface area (Å²) in [6.07, 6.45) is 0. The van der Waals surface area contributed by atoms with E-state index in [1.54, 1.807) is 0 Å². The van der Waals surface area contributed by atoms with E-state index >= 15 is 0 Å². The van der Waals surface area contributed by atoms with Gasteiger partial charge in [-0.25, -0.2) is 0 Å². The van der Waals surface area contributed by atoms with Crippen molar-refractivity contribution in [3.05, 3.63) is 28.8 Å². The number of rotatable bonds is 0. The van der Waals surface area contributed by atoms with Crippen LogP contribution in [0.3, 0.4) is 0 Å². The topological polar surface area (TPSA) is 0 Å². The maximum absolute atomic E-state index is 4.31. The van der Waals surface area contributed by atoms with Crippen LogP contribution in [0, 0.1) is 20.8 Å². The Hall–Kier alpha value is 0.570. The predicted molar refractivity (Wildman–Crippen MR) is 55.1 cm³/mol. The summed E-state index contributed by atoms with van der Waals surface area (Å²) in [7, 11) is 0. The van der Waals surface area contributed by atoms with Gasteiger partial charge in [-0.1, -0.05) is 6.07 Å². The van der Waals surface area contributed by atoms with Crippen molar-refractivity contribution in [1.82, 2.24) is 0 Å². The van der Waals surface area contributed by atoms with E-state index in [-0.39, 0.29) is 29.6 Å². The van der Waals surface area contributed by atoms with Crippen molar-refractivity contribution < 1.29 is 0 Å². The molecular formula is C9H13NaS. The maximum atomic E-state index is 4.31. The molecule has 0 radical (unpaired) electrons. The third-order valence-corrected chi connectivity index (χ3v) is 2.29. The van der Waals surface area contributed by atoms with Gasteiger partial charge < -0.3 is 0 Å². The SMILES string of the molecule is Cc1cc(C)c(S)cc1C.[NaH]. The first-order chi connectivity index (χ1) is 4.61. The Bertz CT molecular complexity index is 206. The standard InChI is InChI=1S/C9H12S.Na.H/c1-6-4-8(3)9(10)5-7(6)2;;/h4-5,10H,1-3H3;;. The van der Waals surface area contributed by atoms with Crippen molar-refractivity contribution in [3.8, 4) is 0 Å². The van der Waals surface area contributed by atoms with Crippen molar-refractivity contribution in [1.29, 1.82) is 0 Å². The zero-order chi connectivity index (χ0) is 7.72. The van der Waals surface area contributed by atoms with Crippen molar-refractivity contribution in [2.75, 3.05) is 0 Å². The Morgan fingerprint density at radius 2 is 1.36 bits per heavy atom. The van der Waals surface area contributed by atoms with Crippen molar-refractivity contribution in [2.24, 2.45) is 0 Å². The number of hydrogen-bond donors (Lipinski definition) is 1. The Labute approximate surface area is 96.1 Å². The Balaban J connectivity index is 0.000001000.